The lowest BCUT2D eigenvalue weighted by Crippen LogP contribution is -2.58. The van der Waals surface area contributed by atoms with Gasteiger partial charge in [0.2, 0.25) is 0 Å². The lowest BCUT2D eigenvalue weighted by molar-refractivity contribution is -0.166. The van der Waals surface area contributed by atoms with Crippen LogP contribution >= 0.6 is 0 Å². The van der Waals surface area contributed by atoms with Crippen molar-refractivity contribution in [1.82, 2.24) is 4.90 Å². The van der Waals surface area contributed by atoms with Gasteiger partial charge in [0.05, 0.1) is 19.3 Å². The average molecular weight is 243 g/mol. The van der Waals surface area contributed by atoms with Crippen LogP contribution in [0.1, 0.15) is 6.92 Å². The average Bonchev–Trinajstić information content (AvgIpc) is 2.62. The molecule has 0 radical (unpaired) electrons. The summed E-state index contributed by atoms with van der Waals surface area (Å²) in [7, 11) is 0. The number of carbonyl (C=O) groups is 3. The molecule has 2 unspecified atom stereocenters. The number of carbonyl (C=O) groups excluding carboxylic acids is 2. The Hall–Kier alpha value is -1.47. The predicted octanol–water partition coefficient (Wildman–Crippen LogP) is -1.14. The molecule has 0 spiro atoms. The summed E-state index contributed by atoms with van der Waals surface area (Å²) in [5, 5.41) is 9.19. The molecule has 2 heterocycles. The Balaban J connectivity index is 2.29. The highest BCUT2D eigenvalue weighted by molar-refractivity contribution is 5.99. The number of hydrogen-bond donors (Lipinski definition) is 1. The first kappa shape index (κ1) is 12.0. The number of morpholine rings is 1. The summed E-state index contributed by atoms with van der Waals surface area (Å²) in [6, 6.07) is -0.760. The van der Waals surface area contributed by atoms with E-state index >= 15 is 0 Å². The van der Waals surface area contributed by atoms with Crippen molar-refractivity contribution >= 4 is 17.8 Å². The van der Waals surface area contributed by atoms with Crippen LogP contribution in [0, 0.1) is 5.41 Å². The molecule has 2 atom stereocenters. The van der Waals surface area contributed by atoms with E-state index < -0.39 is 29.2 Å². The Morgan fingerprint density at radius 3 is 2.47 bits per heavy atom. The van der Waals surface area contributed by atoms with Gasteiger partial charge in [-0.15, -0.1) is 0 Å². The summed E-state index contributed by atoms with van der Waals surface area (Å²) in [5.41, 5.74) is -1.25. The normalized spacial score (nSPS) is 34.2. The molecule has 2 aliphatic heterocycles. The second-order valence-electron chi connectivity index (χ2n) is 4.40. The SMILES string of the molecule is CC1(C(=O)O)COCC1N1C(=O)COCC1=O. The number of hydrogen-bond acceptors (Lipinski definition) is 5. The molecule has 0 aromatic carbocycles. The van der Waals surface area contributed by atoms with Crippen LogP contribution < -0.4 is 0 Å². The van der Waals surface area contributed by atoms with E-state index in [-0.39, 0.29) is 26.4 Å². The summed E-state index contributed by atoms with van der Waals surface area (Å²) in [5.74, 6) is -2.10. The maximum absolute atomic E-state index is 11.6. The van der Waals surface area contributed by atoms with Gasteiger partial charge in [-0.3, -0.25) is 19.3 Å². The summed E-state index contributed by atoms with van der Waals surface area (Å²) >= 11 is 0. The third-order valence-electron chi connectivity index (χ3n) is 3.20. The summed E-state index contributed by atoms with van der Waals surface area (Å²) in [6.45, 7) is 1.13. The second kappa shape index (κ2) is 4.08. The lowest BCUT2D eigenvalue weighted by Gasteiger charge is -2.35. The molecule has 0 aromatic heterocycles. The Morgan fingerprint density at radius 2 is 1.94 bits per heavy atom. The molecule has 0 aromatic rings. The van der Waals surface area contributed by atoms with E-state index in [0.717, 1.165) is 4.90 Å². The molecule has 17 heavy (non-hydrogen) atoms. The highest BCUT2D eigenvalue weighted by Crippen LogP contribution is 2.33. The fourth-order valence-electron chi connectivity index (χ4n) is 2.08. The number of amides is 2. The Bertz CT molecular complexity index is 365. The highest BCUT2D eigenvalue weighted by Gasteiger charge is 2.52. The molecule has 7 heteroatoms. The first-order chi connectivity index (χ1) is 7.97. The summed E-state index contributed by atoms with van der Waals surface area (Å²) in [4.78, 5) is 35.5. The minimum atomic E-state index is -1.25. The van der Waals surface area contributed by atoms with Crippen LogP contribution in [0.5, 0.6) is 0 Å². The van der Waals surface area contributed by atoms with Gasteiger partial charge < -0.3 is 14.6 Å². The van der Waals surface area contributed by atoms with Gasteiger partial charge in [0.1, 0.15) is 18.6 Å². The monoisotopic (exact) mass is 243 g/mol. The third kappa shape index (κ3) is 1.81. The minimum absolute atomic E-state index is 0.00901. The van der Waals surface area contributed by atoms with Gasteiger partial charge in [0.25, 0.3) is 11.8 Å². The quantitative estimate of drug-likeness (QED) is 0.616. The Morgan fingerprint density at radius 1 is 1.35 bits per heavy atom. The first-order valence-corrected chi connectivity index (χ1v) is 5.20. The highest BCUT2D eigenvalue weighted by atomic mass is 16.5. The molecular formula is C10H13NO6. The van der Waals surface area contributed by atoms with E-state index in [2.05, 4.69) is 0 Å². The second-order valence-corrected chi connectivity index (χ2v) is 4.40. The van der Waals surface area contributed by atoms with Crippen molar-refractivity contribution in [3.8, 4) is 0 Å². The molecule has 94 valence electrons. The molecule has 2 saturated heterocycles. The van der Waals surface area contributed by atoms with E-state index in [1.165, 1.54) is 6.92 Å². The Labute approximate surface area is 97.3 Å². The van der Waals surface area contributed by atoms with E-state index in [1.54, 1.807) is 0 Å². The number of carboxylic acid groups (broad SMARTS) is 1. The molecule has 2 fully saturated rings. The number of carboxylic acids is 1. The van der Waals surface area contributed by atoms with Gasteiger partial charge in [0.15, 0.2) is 0 Å². The van der Waals surface area contributed by atoms with Crippen molar-refractivity contribution < 1.29 is 29.0 Å². The van der Waals surface area contributed by atoms with Crippen LogP contribution in [0.25, 0.3) is 0 Å². The van der Waals surface area contributed by atoms with Gasteiger partial charge >= 0.3 is 5.97 Å². The van der Waals surface area contributed by atoms with Crippen molar-refractivity contribution in [3.05, 3.63) is 0 Å². The first-order valence-electron chi connectivity index (χ1n) is 5.20. The van der Waals surface area contributed by atoms with Gasteiger partial charge in [-0.05, 0) is 6.92 Å². The number of rotatable bonds is 2. The molecule has 1 N–H and O–H groups in total. The van der Waals surface area contributed by atoms with Crippen LogP contribution in [0.15, 0.2) is 0 Å². The predicted molar refractivity (Wildman–Crippen MR) is 53.0 cm³/mol. The number of imide groups is 1. The Kier molecular flexibility index (Phi) is 2.88. The van der Waals surface area contributed by atoms with Crippen molar-refractivity contribution in [1.29, 1.82) is 0 Å². The fraction of sp³-hybridized carbons (Fsp3) is 0.700. The van der Waals surface area contributed by atoms with Gasteiger partial charge in [0, 0.05) is 0 Å². The van der Waals surface area contributed by atoms with Crippen molar-refractivity contribution in [2.24, 2.45) is 5.41 Å². The van der Waals surface area contributed by atoms with Crippen LogP contribution in [0.3, 0.4) is 0 Å². The number of ether oxygens (including phenoxy) is 2. The topological polar surface area (TPSA) is 93.1 Å². The molecule has 2 aliphatic rings. The third-order valence-corrected chi connectivity index (χ3v) is 3.20. The zero-order chi connectivity index (χ0) is 12.6. The van der Waals surface area contributed by atoms with Crippen LogP contribution in [0.4, 0.5) is 0 Å². The van der Waals surface area contributed by atoms with Crippen molar-refractivity contribution in [3.63, 3.8) is 0 Å². The standard InChI is InChI=1S/C10H13NO6/c1-10(9(14)15)5-17-2-6(10)11-7(12)3-16-4-8(11)13/h6H,2-5H2,1H3,(H,14,15). The van der Waals surface area contributed by atoms with Crippen molar-refractivity contribution in [2.45, 2.75) is 13.0 Å². The van der Waals surface area contributed by atoms with Gasteiger partial charge in [-0.2, -0.15) is 0 Å². The fourth-order valence-corrected chi connectivity index (χ4v) is 2.08. The lowest BCUT2D eigenvalue weighted by atomic mass is 9.84. The van der Waals surface area contributed by atoms with Gasteiger partial charge in [-0.25, -0.2) is 0 Å². The van der Waals surface area contributed by atoms with Gasteiger partial charge in [-0.1, -0.05) is 0 Å². The van der Waals surface area contributed by atoms with E-state index in [0.29, 0.717) is 0 Å². The summed E-state index contributed by atoms with van der Waals surface area (Å²) in [6.07, 6.45) is 0. The number of aliphatic carboxylic acids is 1. The van der Waals surface area contributed by atoms with Crippen LogP contribution in [-0.4, -0.2) is 60.3 Å². The molecule has 0 bridgehead atoms. The number of nitrogens with zero attached hydrogens (tertiary/aromatic N) is 1. The molecule has 2 rings (SSSR count). The zero-order valence-corrected chi connectivity index (χ0v) is 9.34. The van der Waals surface area contributed by atoms with Crippen LogP contribution in [0.2, 0.25) is 0 Å². The maximum atomic E-state index is 11.6. The maximum Gasteiger partial charge on any atom is 0.313 e. The van der Waals surface area contributed by atoms with E-state index in [9.17, 15) is 19.5 Å². The van der Waals surface area contributed by atoms with Crippen LogP contribution in [-0.2, 0) is 23.9 Å². The zero-order valence-electron chi connectivity index (χ0n) is 9.34. The molecule has 2 amide bonds. The summed E-state index contributed by atoms with van der Waals surface area (Å²) < 4.78 is 9.90. The van der Waals surface area contributed by atoms with Crippen molar-refractivity contribution in [2.75, 3.05) is 26.4 Å². The van der Waals surface area contributed by atoms with E-state index in [1.807, 2.05) is 0 Å². The molecule has 0 aliphatic carbocycles. The smallest absolute Gasteiger partial charge is 0.313 e. The molecular weight excluding hydrogens is 230 g/mol. The largest absolute Gasteiger partial charge is 0.481 e. The molecule has 0 saturated carbocycles. The molecule has 7 nitrogen and oxygen atoms in total. The van der Waals surface area contributed by atoms with E-state index in [4.69, 9.17) is 9.47 Å². The minimum Gasteiger partial charge on any atom is -0.481 e.